The summed E-state index contributed by atoms with van der Waals surface area (Å²) in [5.74, 6) is 1.08. The van der Waals surface area contributed by atoms with Crippen LogP contribution in [0.15, 0.2) is 11.7 Å². The van der Waals surface area contributed by atoms with Gasteiger partial charge in [-0.1, -0.05) is 6.92 Å². The fourth-order valence-electron chi connectivity index (χ4n) is 2.02. The van der Waals surface area contributed by atoms with E-state index in [1.54, 1.807) is 17.7 Å². The van der Waals surface area contributed by atoms with Crippen molar-refractivity contribution in [2.45, 2.75) is 20.3 Å². The average molecular weight is 264 g/mol. The molecule has 2 heterocycles. The van der Waals surface area contributed by atoms with Gasteiger partial charge >= 0.3 is 0 Å². The van der Waals surface area contributed by atoms with Crippen LogP contribution in [-0.2, 0) is 0 Å². The quantitative estimate of drug-likeness (QED) is 0.870. The molecule has 0 saturated heterocycles. The number of rotatable bonds is 6. The lowest BCUT2D eigenvalue weighted by molar-refractivity contribution is 0.704. The van der Waals surface area contributed by atoms with E-state index in [4.69, 9.17) is 0 Å². The highest BCUT2D eigenvalue weighted by Gasteiger charge is 2.13. The van der Waals surface area contributed by atoms with Crippen LogP contribution >= 0.6 is 11.3 Å². The van der Waals surface area contributed by atoms with Crippen molar-refractivity contribution in [2.24, 2.45) is 0 Å². The zero-order chi connectivity index (χ0) is 13.0. The van der Waals surface area contributed by atoms with Gasteiger partial charge in [-0.25, -0.2) is 9.97 Å². The van der Waals surface area contributed by atoms with Crippen LogP contribution in [0.3, 0.4) is 0 Å². The fourth-order valence-corrected chi connectivity index (χ4v) is 3.04. The van der Waals surface area contributed by atoms with Crippen molar-refractivity contribution in [3.05, 3.63) is 17.3 Å². The largest absolute Gasteiger partial charge is 0.354 e. The summed E-state index contributed by atoms with van der Waals surface area (Å²) < 4.78 is 1.21. The molecule has 0 aromatic carbocycles. The average Bonchev–Trinajstić information content (AvgIpc) is 2.77. The molecule has 0 saturated carbocycles. The van der Waals surface area contributed by atoms with Gasteiger partial charge in [0.15, 0.2) is 0 Å². The molecule has 0 unspecified atom stereocenters. The number of aryl methyl sites for hydroxylation is 1. The zero-order valence-electron chi connectivity index (χ0n) is 11.2. The number of thiophene rings is 1. The van der Waals surface area contributed by atoms with E-state index < -0.39 is 0 Å². The van der Waals surface area contributed by atoms with Gasteiger partial charge in [0.1, 0.15) is 12.1 Å². The maximum absolute atomic E-state index is 4.49. The van der Waals surface area contributed by atoms with Gasteiger partial charge in [0, 0.05) is 19.6 Å². The first kappa shape index (κ1) is 13.2. The van der Waals surface area contributed by atoms with Gasteiger partial charge in [0.05, 0.1) is 10.2 Å². The highest BCUT2D eigenvalue weighted by atomic mass is 32.1. The summed E-state index contributed by atoms with van der Waals surface area (Å²) in [7, 11) is 1.98. The van der Waals surface area contributed by atoms with Gasteiger partial charge in [-0.15, -0.1) is 11.3 Å². The lowest BCUT2D eigenvalue weighted by Crippen LogP contribution is -2.32. The molecule has 0 spiro atoms. The Morgan fingerprint density at radius 3 is 2.89 bits per heavy atom. The van der Waals surface area contributed by atoms with Gasteiger partial charge in [-0.2, -0.15) is 0 Å². The summed E-state index contributed by atoms with van der Waals surface area (Å²) in [4.78, 5) is 11.2. The Hall–Kier alpha value is -1.20. The van der Waals surface area contributed by atoms with Crippen molar-refractivity contribution in [3.63, 3.8) is 0 Å². The maximum Gasteiger partial charge on any atom is 0.150 e. The second kappa shape index (κ2) is 6.11. The highest BCUT2D eigenvalue weighted by Crippen LogP contribution is 2.30. The molecular weight excluding hydrogens is 244 g/mol. The number of anilines is 1. The molecule has 0 aliphatic carbocycles. The van der Waals surface area contributed by atoms with E-state index in [-0.39, 0.29) is 0 Å². The molecule has 0 aliphatic rings. The Morgan fingerprint density at radius 1 is 1.33 bits per heavy atom. The van der Waals surface area contributed by atoms with Crippen LogP contribution < -0.4 is 10.2 Å². The molecule has 5 heteroatoms. The predicted molar refractivity (Wildman–Crippen MR) is 78.6 cm³/mol. The van der Waals surface area contributed by atoms with E-state index in [2.05, 4.69) is 39.4 Å². The predicted octanol–water partition coefficient (Wildman–Crippen LogP) is 2.44. The van der Waals surface area contributed by atoms with Crippen molar-refractivity contribution < 1.29 is 0 Å². The molecule has 98 valence electrons. The van der Waals surface area contributed by atoms with Gasteiger partial charge in [0.2, 0.25) is 0 Å². The standard InChI is InChI=1S/C13H20N4S/c1-4-6-17(7-5-14-3)13-12-11(15-9-16-13)10(2)8-18-12/h8-9,14H,4-7H2,1-3H3. The van der Waals surface area contributed by atoms with E-state index in [0.29, 0.717) is 0 Å². The van der Waals surface area contributed by atoms with E-state index in [1.165, 1.54) is 10.3 Å². The molecule has 2 aromatic rings. The number of fused-ring (bicyclic) bond motifs is 1. The van der Waals surface area contributed by atoms with Gasteiger partial charge < -0.3 is 10.2 Å². The summed E-state index contributed by atoms with van der Waals surface area (Å²) in [6.45, 7) is 7.28. The molecule has 0 atom stereocenters. The second-order valence-corrected chi connectivity index (χ2v) is 5.26. The summed E-state index contributed by atoms with van der Waals surface area (Å²) in [5, 5.41) is 5.36. The zero-order valence-corrected chi connectivity index (χ0v) is 12.0. The molecule has 4 nitrogen and oxygen atoms in total. The first-order valence-electron chi connectivity index (χ1n) is 6.36. The van der Waals surface area contributed by atoms with Crippen molar-refractivity contribution in [3.8, 4) is 0 Å². The summed E-state index contributed by atoms with van der Waals surface area (Å²) in [6, 6.07) is 0. The molecule has 0 aliphatic heterocycles. The minimum absolute atomic E-state index is 0.968. The number of nitrogens with one attached hydrogen (secondary N) is 1. The third-order valence-corrected chi connectivity index (χ3v) is 4.02. The molecule has 2 rings (SSSR count). The molecule has 0 amide bonds. The number of aromatic nitrogens is 2. The monoisotopic (exact) mass is 264 g/mol. The summed E-state index contributed by atoms with van der Waals surface area (Å²) in [5.41, 5.74) is 2.33. The van der Waals surface area contributed by atoms with Crippen LogP contribution in [0.2, 0.25) is 0 Å². The van der Waals surface area contributed by atoms with E-state index in [1.807, 2.05) is 7.05 Å². The molecule has 18 heavy (non-hydrogen) atoms. The third-order valence-electron chi connectivity index (χ3n) is 2.94. The van der Waals surface area contributed by atoms with Crippen LogP contribution in [-0.4, -0.2) is 36.6 Å². The molecular formula is C13H20N4S. The summed E-state index contributed by atoms with van der Waals surface area (Å²) >= 11 is 1.74. The first-order chi connectivity index (χ1) is 8.77. The van der Waals surface area contributed by atoms with E-state index in [0.717, 1.165) is 37.4 Å². The van der Waals surface area contributed by atoms with Gasteiger partial charge in [-0.05, 0) is 31.3 Å². The Bertz CT molecular complexity index is 509. The molecule has 2 aromatic heterocycles. The summed E-state index contributed by atoms with van der Waals surface area (Å²) in [6.07, 6.45) is 2.80. The fraction of sp³-hybridized carbons (Fsp3) is 0.538. The molecule has 0 radical (unpaired) electrons. The topological polar surface area (TPSA) is 41.0 Å². The molecule has 0 bridgehead atoms. The number of likely N-dealkylation sites (N-methyl/N-ethyl adjacent to an activating group) is 1. The minimum atomic E-state index is 0.968. The lowest BCUT2D eigenvalue weighted by atomic mass is 10.3. The number of hydrogen-bond donors (Lipinski definition) is 1. The normalized spacial score (nSPS) is 11.1. The van der Waals surface area contributed by atoms with Crippen LogP contribution in [0, 0.1) is 6.92 Å². The number of hydrogen-bond acceptors (Lipinski definition) is 5. The van der Waals surface area contributed by atoms with E-state index in [9.17, 15) is 0 Å². The molecule has 0 fully saturated rings. The minimum Gasteiger partial charge on any atom is -0.354 e. The van der Waals surface area contributed by atoms with Gasteiger partial charge in [-0.3, -0.25) is 0 Å². The van der Waals surface area contributed by atoms with Crippen molar-refractivity contribution in [1.29, 1.82) is 0 Å². The Kier molecular flexibility index (Phi) is 4.49. The number of nitrogens with zero attached hydrogens (tertiary/aromatic N) is 3. The van der Waals surface area contributed by atoms with Crippen LogP contribution in [0.1, 0.15) is 18.9 Å². The highest BCUT2D eigenvalue weighted by molar-refractivity contribution is 7.18. The molecule has 1 N–H and O–H groups in total. The van der Waals surface area contributed by atoms with Crippen LogP contribution in [0.4, 0.5) is 5.82 Å². The van der Waals surface area contributed by atoms with Crippen molar-refractivity contribution in [2.75, 3.05) is 31.6 Å². The SMILES string of the molecule is CCCN(CCNC)c1ncnc2c(C)csc12. The Labute approximate surface area is 112 Å². The third kappa shape index (κ3) is 2.62. The van der Waals surface area contributed by atoms with Crippen LogP contribution in [0.5, 0.6) is 0 Å². The Morgan fingerprint density at radius 2 is 2.17 bits per heavy atom. The van der Waals surface area contributed by atoms with Crippen molar-refractivity contribution in [1.82, 2.24) is 15.3 Å². The van der Waals surface area contributed by atoms with E-state index >= 15 is 0 Å². The van der Waals surface area contributed by atoms with Crippen LogP contribution in [0.25, 0.3) is 10.2 Å². The lowest BCUT2D eigenvalue weighted by Gasteiger charge is -2.23. The smallest absolute Gasteiger partial charge is 0.150 e. The Balaban J connectivity index is 2.36. The van der Waals surface area contributed by atoms with Crippen molar-refractivity contribution >= 4 is 27.4 Å². The first-order valence-corrected chi connectivity index (χ1v) is 7.24. The second-order valence-electron chi connectivity index (χ2n) is 4.38. The maximum atomic E-state index is 4.49. The van der Waals surface area contributed by atoms with Gasteiger partial charge in [0.25, 0.3) is 0 Å².